The summed E-state index contributed by atoms with van der Waals surface area (Å²) in [5.41, 5.74) is 3.10. The van der Waals surface area contributed by atoms with Crippen LogP contribution in [0.25, 0.3) is 0 Å². The molecule has 0 spiro atoms. The number of amides is 2. The highest BCUT2D eigenvalue weighted by atomic mass is 32.2. The van der Waals surface area contributed by atoms with E-state index >= 15 is 0 Å². The fraction of sp³-hybridized carbons (Fsp3) is 0.375. The Morgan fingerprint density at radius 2 is 2.03 bits per heavy atom. The predicted octanol–water partition coefficient (Wildman–Crippen LogP) is 5.66. The van der Waals surface area contributed by atoms with Gasteiger partial charge < -0.3 is 15.0 Å². The largest absolute Gasteiger partial charge is 0.461 e. The number of carbonyl (C=O) groups excluding carboxylic acids is 3. The first-order chi connectivity index (χ1) is 16.9. The van der Waals surface area contributed by atoms with Gasteiger partial charge in [0.05, 0.1) is 24.2 Å². The minimum absolute atomic E-state index is 0.0296. The summed E-state index contributed by atoms with van der Waals surface area (Å²) in [6, 6.07) is 5.04. The molecule has 2 aromatic heterocycles. The number of rotatable bonds is 9. The maximum Gasteiger partial charge on any atom is 0.356 e. The van der Waals surface area contributed by atoms with Gasteiger partial charge in [-0.15, -0.1) is 11.3 Å². The van der Waals surface area contributed by atoms with Crippen LogP contribution in [0.4, 0.5) is 15.6 Å². The Morgan fingerprint density at radius 3 is 2.80 bits per heavy atom. The summed E-state index contributed by atoms with van der Waals surface area (Å²) in [5.74, 6) is 0.189. The highest BCUT2D eigenvalue weighted by Crippen LogP contribution is 2.31. The number of ketones is 1. The number of ether oxygens (including phenoxy) is 1. The third kappa shape index (κ3) is 6.49. The first-order valence-electron chi connectivity index (χ1n) is 11.4. The van der Waals surface area contributed by atoms with Crippen molar-refractivity contribution < 1.29 is 19.1 Å². The molecule has 0 saturated heterocycles. The number of nitrogens with zero attached hydrogens (tertiary/aromatic N) is 2. The normalized spacial score (nSPS) is 13.5. The number of thiazole rings is 1. The summed E-state index contributed by atoms with van der Waals surface area (Å²) in [6.07, 6.45) is 5.39. The molecule has 1 aliphatic rings. The van der Waals surface area contributed by atoms with Crippen molar-refractivity contribution in [3.63, 3.8) is 0 Å². The second-order valence-corrected chi connectivity index (χ2v) is 10.1. The Morgan fingerprint density at radius 1 is 1.23 bits per heavy atom. The van der Waals surface area contributed by atoms with Crippen molar-refractivity contribution in [2.45, 2.75) is 50.4 Å². The molecule has 35 heavy (non-hydrogen) atoms. The van der Waals surface area contributed by atoms with Crippen molar-refractivity contribution in [1.82, 2.24) is 15.0 Å². The number of benzene rings is 1. The molecule has 1 aliphatic carbocycles. The molecule has 0 bridgehead atoms. The van der Waals surface area contributed by atoms with Gasteiger partial charge in [0, 0.05) is 22.6 Å². The van der Waals surface area contributed by atoms with E-state index in [1.807, 2.05) is 24.4 Å². The molecule has 1 saturated carbocycles. The number of imidazole rings is 1. The molecule has 9 nitrogen and oxygen atoms in total. The van der Waals surface area contributed by atoms with Crippen molar-refractivity contribution in [2.24, 2.45) is 5.92 Å². The van der Waals surface area contributed by atoms with E-state index in [9.17, 15) is 14.4 Å². The lowest BCUT2D eigenvalue weighted by Crippen LogP contribution is -2.22. The van der Waals surface area contributed by atoms with Crippen LogP contribution in [-0.4, -0.2) is 39.3 Å². The predicted molar refractivity (Wildman–Crippen MR) is 136 cm³/mol. The maximum atomic E-state index is 13.0. The van der Waals surface area contributed by atoms with E-state index in [0.29, 0.717) is 39.6 Å². The van der Waals surface area contributed by atoms with Crippen LogP contribution in [0.5, 0.6) is 0 Å². The lowest BCUT2D eigenvalue weighted by atomic mass is 9.94. The van der Waals surface area contributed by atoms with Crippen molar-refractivity contribution >= 4 is 51.7 Å². The molecule has 1 fully saturated rings. The third-order valence-corrected chi connectivity index (χ3v) is 7.32. The Labute approximate surface area is 211 Å². The number of aromatic amines is 1. The summed E-state index contributed by atoms with van der Waals surface area (Å²) >= 11 is 2.69. The Bertz CT molecular complexity index is 1220. The zero-order chi connectivity index (χ0) is 24.8. The van der Waals surface area contributed by atoms with Gasteiger partial charge in [-0.25, -0.2) is 19.6 Å². The van der Waals surface area contributed by atoms with E-state index in [0.717, 1.165) is 36.9 Å². The Kier molecular flexibility index (Phi) is 8.19. The lowest BCUT2D eigenvalue weighted by molar-refractivity contribution is 0.0519. The fourth-order valence-corrected chi connectivity index (χ4v) is 5.44. The zero-order valence-corrected chi connectivity index (χ0v) is 21.2. The number of esters is 1. The van der Waals surface area contributed by atoms with Gasteiger partial charge in [-0.2, -0.15) is 0 Å². The number of urea groups is 1. The number of Topliss-reactive ketones (excluding diaryl/α,β-unsaturated/α-hetero) is 1. The Hall–Kier alpha value is -3.18. The molecule has 0 atom stereocenters. The second kappa shape index (κ2) is 11.5. The van der Waals surface area contributed by atoms with Crippen molar-refractivity contribution in [3.8, 4) is 0 Å². The lowest BCUT2D eigenvalue weighted by Gasteiger charge is -2.14. The SMILES string of the molecule is CCOC(=O)c1cnc(SCc2csc(NC(=O)Nc3ccc(C)cc3C(=O)C3CCCC3)n2)[nH]1. The number of aromatic nitrogens is 3. The maximum absolute atomic E-state index is 13.0. The molecule has 3 N–H and O–H groups in total. The number of carbonyl (C=O) groups is 3. The van der Waals surface area contributed by atoms with Crippen LogP contribution < -0.4 is 10.6 Å². The van der Waals surface area contributed by atoms with Crippen LogP contribution in [0.2, 0.25) is 0 Å². The molecule has 0 radical (unpaired) electrons. The van der Waals surface area contributed by atoms with Crippen LogP contribution in [0.1, 0.15) is 64.7 Å². The van der Waals surface area contributed by atoms with E-state index in [1.165, 1.54) is 29.3 Å². The molecule has 3 aromatic rings. The fourth-order valence-electron chi connectivity index (χ4n) is 3.89. The number of aryl methyl sites for hydroxylation is 1. The molecule has 1 aromatic carbocycles. The molecule has 0 unspecified atom stereocenters. The topological polar surface area (TPSA) is 126 Å². The number of H-pyrrole nitrogens is 1. The monoisotopic (exact) mass is 513 g/mol. The van der Waals surface area contributed by atoms with Crippen molar-refractivity contribution in [1.29, 1.82) is 0 Å². The first kappa shape index (κ1) is 24.9. The van der Waals surface area contributed by atoms with E-state index in [-0.39, 0.29) is 11.7 Å². The average molecular weight is 514 g/mol. The van der Waals surface area contributed by atoms with Crippen LogP contribution in [0, 0.1) is 12.8 Å². The minimum atomic E-state index is -0.451. The van der Waals surface area contributed by atoms with E-state index in [1.54, 1.807) is 13.0 Å². The molecule has 2 amide bonds. The minimum Gasteiger partial charge on any atom is -0.461 e. The van der Waals surface area contributed by atoms with Crippen LogP contribution >= 0.6 is 23.1 Å². The molecule has 184 valence electrons. The van der Waals surface area contributed by atoms with Crippen LogP contribution in [0.3, 0.4) is 0 Å². The van der Waals surface area contributed by atoms with E-state index < -0.39 is 12.0 Å². The standard InChI is InChI=1S/C24H27N5O4S2/c1-3-33-21(31)19-11-25-23(28-19)34-12-16-13-35-24(26-16)29-22(32)27-18-9-8-14(2)10-17(18)20(30)15-6-4-5-7-15/h8-11,13,15H,3-7,12H2,1-2H3,(H,25,28)(H2,26,27,29,32). The van der Waals surface area contributed by atoms with E-state index in [2.05, 4.69) is 25.6 Å². The molecule has 4 rings (SSSR count). The quantitative estimate of drug-likeness (QED) is 0.191. The number of anilines is 2. The van der Waals surface area contributed by atoms with Gasteiger partial charge in [0.2, 0.25) is 0 Å². The number of nitrogens with one attached hydrogen (secondary N) is 3. The molecular formula is C24H27N5O4S2. The second-order valence-electron chi connectivity index (χ2n) is 8.23. The summed E-state index contributed by atoms with van der Waals surface area (Å²) in [6.45, 7) is 3.98. The summed E-state index contributed by atoms with van der Waals surface area (Å²) in [5, 5.41) is 8.42. The smallest absolute Gasteiger partial charge is 0.356 e. The Balaban J connectivity index is 1.33. The van der Waals surface area contributed by atoms with Crippen molar-refractivity contribution in [3.05, 3.63) is 52.3 Å². The van der Waals surface area contributed by atoms with Crippen molar-refractivity contribution in [2.75, 3.05) is 17.2 Å². The van der Waals surface area contributed by atoms with Gasteiger partial charge in [0.25, 0.3) is 0 Å². The highest BCUT2D eigenvalue weighted by molar-refractivity contribution is 7.98. The van der Waals surface area contributed by atoms with Crippen LogP contribution in [-0.2, 0) is 10.5 Å². The van der Waals surface area contributed by atoms with Gasteiger partial charge in [0.15, 0.2) is 16.1 Å². The molecule has 2 heterocycles. The summed E-state index contributed by atoms with van der Waals surface area (Å²) < 4.78 is 4.94. The van der Waals surface area contributed by atoms with Crippen LogP contribution in [0.15, 0.2) is 34.9 Å². The number of hydrogen-bond acceptors (Lipinski definition) is 8. The molecular weight excluding hydrogens is 486 g/mol. The zero-order valence-electron chi connectivity index (χ0n) is 19.6. The first-order valence-corrected chi connectivity index (χ1v) is 13.3. The van der Waals surface area contributed by atoms with Gasteiger partial charge in [-0.05, 0) is 38.8 Å². The summed E-state index contributed by atoms with van der Waals surface area (Å²) in [4.78, 5) is 48.9. The van der Waals surface area contributed by atoms with Gasteiger partial charge in [-0.3, -0.25) is 10.1 Å². The molecule has 11 heteroatoms. The number of hydrogen-bond donors (Lipinski definition) is 3. The molecule has 0 aliphatic heterocycles. The van der Waals surface area contributed by atoms with Gasteiger partial charge in [0.1, 0.15) is 5.69 Å². The summed E-state index contributed by atoms with van der Waals surface area (Å²) in [7, 11) is 0. The van der Waals surface area contributed by atoms with E-state index in [4.69, 9.17) is 4.74 Å². The number of thioether (sulfide) groups is 1. The van der Waals surface area contributed by atoms with Gasteiger partial charge in [-0.1, -0.05) is 36.2 Å². The highest BCUT2D eigenvalue weighted by Gasteiger charge is 2.26. The average Bonchev–Trinajstić information content (AvgIpc) is 3.61. The third-order valence-electron chi connectivity index (χ3n) is 5.59. The van der Waals surface area contributed by atoms with Gasteiger partial charge >= 0.3 is 12.0 Å².